The first kappa shape index (κ1) is 22.5. The molecule has 2 aromatic carbocycles. The normalized spacial score (nSPS) is 11.4. The monoisotopic (exact) mass is 433 g/mol. The molecule has 0 saturated carbocycles. The van der Waals surface area contributed by atoms with Gasteiger partial charge in [-0.05, 0) is 62.5 Å². The molecule has 0 aliphatic heterocycles. The van der Waals surface area contributed by atoms with E-state index in [9.17, 15) is 13.2 Å². The molecule has 9 heteroatoms. The summed E-state index contributed by atoms with van der Waals surface area (Å²) < 4.78 is 32.0. The summed E-state index contributed by atoms with van der Waals surface area (Å²) >= 11 is 5.12. The van der Waals surface area contributed by atoms with E-state index in [-0.39, 0.29) is 16.0 Å². The van der Waals surface area contributed by atoms with Gasteiger partial charge in [-0.2, -0.15) is 0 Å². The maximum atomic E-state index is 12.1. The molecule has 0 spiro atoms. The lowest BCUT2D eigenvalue weighted by Gasteiger charge is -2.11. The zero-order valence-corrected chi connectivity index (χ0v) is 17.9. The van der Waals surface area contributed by atoms with Crippen molar-refractivity contribution in [2.75, 3.05) is 12.4 Å². The van der Waals surface area contributed by atoms with Gasteiger partial charge in [0.25, 0.3) is 0 Å². The zero-order valence-electron chi connectivity index (χ0n) is 16.3. The number of carbonyl (C=O) groups excluding carboxylic acids is 1. The van der Waals surface area contributed by atoms with Gasteiger partial charge in [-0.25, -0.2) is 13.1 Å². The fourth-order valence-corrected chi connectivity index (χ4v) is 3.85. The predicted molar refractivity (Wildman–Crippen MR) is 118 cm³/mol. The fraction of sp³-hybridized carbons (Fsp3) is 0.200. The van der Waals surface area contributed by atoms with Gasteiger partial charge in [0.05, 0.1) is 12.0 Å². The van der Waals surface area contributed by atoms with Crippen LogP contribution in [0.1, 0.15) is 19.4 Å². The van der Waals surface area contributed by atoms with Crippen LogP contribution in [0, 0.1) is 0 Å². The van der Waals surface area contributed by atoms with Gasteiger partial charge in [-0.15, -0.1) is 0 Å². The predicted octanol–water partition coefficient (Wildman–Crippen LogP) is 2.91. The van der Waals surface area contributed by atoms with E-state index in [1.807, 2.05) is 18.2 Å². The van der Waals surface area contributed by atoms with Gasteiger partial charge in [0.1, 0.15) is 5.75 Å². The van der Waals surface area contributed by atoms with Crippen LogP contribution in [-0.2, 0) is 14.8 Å². The van der Waals surface area contributed by atoms with Gasteiger partial charge in [0, 0.05) is 23.4 Å². The van der Waals surface area contributed by atoms with E-state index < -0.39 is 15.9 Å². The number of methoxy groups -OCH3 is 1. The van der Waals surface area contributed by atoms with Crippen molar-refractivity contribution >= 4 is 45.0 Å². The second-order valence-electron chi connectivity index (χ2n) is 6.32. The lowest BCUT2D eigenvalue weighted by Crippen LogP contribution is -2.33. The lowest BCUT2D eigenvalue weighted by molar-refractivity contribution is -0.115. The number of nitrogens with one attached hydrogen (secondary N) is 3. The molecule has 2 rings (SSSR count). The van der Waals surface area contributed by atoms with Gasteiger partial charge in [0.2, 0.25) is 15.9 Å². The third-order valence-corrected chi connectivity index (χ3v) is 5.48. The van der Waals surface area contributed by atoms with Crippen molar-refractivity contribution in [2.24, 2.45) is 0 Å². The maximum absolute atomic E-state index is 12.1. The molecular formula is C20H23N3O4S2. The first-order chi connectivity index (χ1) is 13.7. The van der Waals surface area contributed by atoms with Crippen LogP contribution in [0.2, 0.25) is 0 Å². The van der Waals surface area contributed by atoms with Crippen LogP contribution in [0.4, 0.5) is 5.69 Å². The van der Waals surface area contributed by atoms with Crippen LogP contribution >= 0.6 is 12.2 Å². The summed E-state index contributed by atoms with van der Waals surface area (Å²) in [5.41, 5.74) is 1.31. The highest BCUT2D eigenvalue weighted by atomic mass is 32.2. The topological polar surface area (TPSA) is 96.5 Å². The van der Waals surface area contributed by atoms with E-state index >= 15 is 0 Å². The Morgan fingerprint density at radius 3 is 2.38 bits per heavy atom. The smallest absolute Gasteiger partial charge is 0.250 e. The number of hydrogen-bond donors (Lipinski definition) is 3. The molecule has 154 valence electrons. The highest BCUT2D eigenvalue weighted by Crippen LogP contribution is 2.18. The zero-order chi connectivity index (χ0) is 21.4. The summed E-state index contributed by atoms with van der Waals surface area (Å²) in [4.78, 5) is 12.2. The van der Waals surface area contributed by atoms with Crippen LogP contribution in [0.3, 0.4) is 0 Å². The summed E-state index contributed by atoms with van der Waals surface area (Å²) in [5, 5.41) is 5.46. The van der Waals surface area contributed by atoms with E-state index in [1.165, 1.54) is 18.2 Å². The number of carbonyl (C=O) groups is 1. The molecule has 29 heavy (non-hydrogen) atoms. The molecule has 0 bridgehead atoms. The van der Waals surface area contributed by atoms with Crippen LogP contribution in [0.25, 0.3) is 6.08 Å². The number of amides is 1. The Bertz CT molecular complexity index is 1000. The molecule has 0 fully saturated rings. The highest BCUT2D eigenvalue weighted by molar-refractivity contribution is 7.89. The number of benzene rings is 2. The minimum atomic E-state index is -3.56. The molecule has 0 aliphatic rings. The molecule has 2 aromatic rings. The first-order valence-electron chi connectivity index (χ1n) is 8.76. The van der Waals surface area contributed by atoms with Crippen molar-refractivity contribution in [3.63, 3.8) is 0 Å². The van der Waals surface area contributed by atoms with Gasteiger partial charge in [-0.1, -0.05) is 18.2 Å². The number of ether oxygens (including phenoxy) is 1. The number of para-hydroxylation sites is 1. The number of rotatable bonds is 7. The van der Waals surface area contributed by atoms with Gasteiger partial charge in [0.15, 0.2) is 5.11 Å². The number of thiocarbonyl (C=S) groups is 1. The summed E-state index contributed by atoms with van der Waals surface area (Å²) in [5.74, 6) is 0.244. The van der Waals surface area contributed by atoms with Crippen LogP contribution < -0.4 is 20.1 Å². The largest absolute Gasteiger partial charge is 0.496 e. The molecule has 3 N–H and O–H groups in total. The average molecular weight is 434 g/mol. The van der Waals surface area contributed by atoms with E-state index in [2.05, 4.69) is 15.4 Å². The SMILES string of the molecule is COc1ccccc1C=CC(=O)NC(=S)Nc1ccc(S(=O)(=O)NC(C)C)cc1. The third-order valence-electron chi connectivity index (χ3n) is 3.60. The van der Waals surface area contributed by atoms with Crippen molar-refractivity contribution in [1.82, 2.24) is 10.0 Å². The van der Waals surface area contributed by atoms with Crippen LogP contribution in [0.15, 0.2) is 59.5 Å². The second-order valence-corrected chi connectivity index (χ2v) is 8.44. The molecule has 0 heterocycles. The Morgan fingerprint density at radius 2 is 1.76 bits per heavy atom. The quantitative estimate of drug-likeness (QED) is 0.459. The lowest BCUT2D eigenvalue weighted by atomic mass is 10.2. The van der Waals surface area contributed by atoms with E-state index in [0.29, 0.717) is 11.4 Å². The van der Waals surface area contributed by atoms with Gasteiger partial charge < -0.3 is 10.1 Å². The molecule has 0 aromatic heterocycles. The maximum Gasteiger partial charge on any atom is 0.250 e. The first-order valence-corrected chi connectivity index (χ1v) is 10.7. The van der Waals surface area contributed by atoms with Crippen LogP contribution in [-0.4, -0.2) is 32.6 Å². The van der Waals surface area contributed by atoms with Crippen LogP contribution in [0.5, 0.6) is 5.75 Å². The minimum Gasteiger partial charge on any atom is -0.496 e. The summed E-state index contributed by atoms with van der Waals surface area (Å²) in [6, 6.07) is 13.1. The molecular weight excluding hydrogens is 410 g/mol. The number of hydrogen-bond acceptors (Lipinski definition) is 5. The Kier molecular flexibility index (Phi) is 7.89. The van der Waals surface area contributed by atoms with Crippen molar-refractivity contribution in [3.8, 4) is 5.75 Å². The van der Waals surface area contributed by atoms with Crippen molar-refractivity contribution in [3.05, 3.63) is 60.2 Å². The number of sulfonamides is 1. The molecule has 7 nitrogen and oxygen atoms in total. The standard InChI is InChI=1S/C20H23N3O4S2/c1-14(2)23-29(25,26)17-11-9-16(10-12-17)21-20(28)22-19(24)13-8-15-6-4-5-7-18(15)27-3/h4-14,23H,1-3H3,(H2,21,22,24,28). The van der Waals surface area contributed by atoms with E-state index in [0.717, 1.165) is 5.56 Å². The van der Waals surface area contributed by atoms with Crippen molar-refractivity contribution < 1.29 is 17.9 Å². The third kappa shape index (κ3) is 6.97. The van der Waals surface area contributed by atoms with E-state index in [1.54, 1.807) is 45.2 Å². The minimum absolute atomic E-state index is 0.0931. The Hall–Kier alpha value is -2.75. The van der Waals surface area contributed by atoms with E-state index in [4.69, 9.17) is 17.0 Å². The number of anilines is 1. The molecule has 0 unspecified atom stereocenters. The summed E-state index contributed by atoms with van der Waals surface area (Å²) in [7, 11) is -2.01. The summed E-state index contributed by atoms with van der Waals surface area (Å²) in [6.07, 6.45) is 2.97. The summed E-state index contributed by atoms with van der Waals surface area (Å²) in [6.45, 7) is 3.49. The Balaban J connectivity index is 1.95. The fourth-order valence-electron chi connectivity index (χ4n) is 2.38. The van der Waals surface area contributed by atoms with Crippen molar-refractivity contribution in [2.45, 2.75) is 24.8 Å². The Labute approximate surface area is 176 Å². The highest BCUT2D eigenvalue weighted by Gasteiger charge is 2.15. The molecule has 0 radical (unpaired) electrons. The van der Waals surface area contributed by atoms with Gasteiger partial charge >= 0.3 is 0 Å². The second kappa shape index (κ2) is 10.1. The van der Waals surface area contributed by atoms with Gasteiger partial charge in [-0.3, -0.25) is 10.1 Å². The average Bonchev–Trinajstić information content (AvgIpc) is 2.66. The Morgan fingerprint density at radius 1 is 1.10 bits per heavy atom. The molecule has 0 atom stereocenters. The molecule has 0 saturated heterocycles. The van der Waals surface area contributed by atoms with Crippen molar-refractivity contribution in [1.29, 1.82) is 0 Å². The molecule has 1 amide bonds. The molecule has 0 aliphatic carbocycles.